The van der Waals surface area contributed by atoms with Crippen LogP contribution in [-0.4, -0.2) is 11.6 Å². The minimum Gasteiger partial charge on any atom is -0.493 e. The second-order valence-corrected chi connectivity index (χ2v) is 3.96. The molecule has 2 aromatic rings. The van der Waals surface area contributed by atoms with Crippen LogP contribution in [0.25, 0.3) is 17.0 Å². The fourth-order valence-electron chi connectivity index (χ4n) is 1.91. The molecule has 0 aliphatic carbocycles. The highest BCUT2D eigenvalue weighted by Crippen LogP contribution is 2.27. The second-order valence-electron chi connectivity index (χ2n) is 3.96. The predicted octanol–water partition coefficient (Wildman–Crippen LogP) is 4.07. The molecular formula is C15H17NO. The zero-order valence-electron chi connectivity index (χ0n) is 10.3. The third kappa shape index (κ3) is 2.41. The Morgan fingerprint density at radius 2 is 2.18 bits per heavy atom. The standard InChI is InChI=1S/C15H17NO/c1-4-6-7-12-9-13-8-11(3)16-14(13)10-15(12)17-5-2/h4,6-10,16H,1,5H2,2-3H3/b7-6-. The van der Waals surface area contributed by atoms with Crippen LogP contribution in [0.5, 0.6) is 5.75 Å². The van der Waals surface area contributed by atoms with E-state index in [0.29, 0.717) is 6.61 Å². The van der Waals surface area contributed by atoms with Crippen LogP contribution in [0.15, 0.2) is 36.9 Å². The number of hydrogen-bond acceptors (Lipinski definition) is 1. The SMILES string of the molecule is C=C/C=C\c1cc2cc(C)[nH]c2cc1OCC. The maximum absolute atomic E-state index is 5.65. The average molecular weight is 227 g/mol. The lowest BCUT2D eigenvalue weighted by molar-refractivity contribution is 0.340. The topological polar surface area (TPSA) is 25.0 Å². The molecule has 2 nitrogen and oxygen atoms in total. The molecule has 0 aliphatic heterocycles. The van der Waals surface area contributed by atoms with Gasteiger partial charge in [-0.1, -0.05) is 24.8 Å². The number of nitrogens with one attached hydrogen (secondary N) is 1. The van der Waals surface area contributed by atoms with E-state index in [0.717, 1.165) is 22.5 Å². The van der Waals surface area contributed by atoms with Crippen LogP contribution in [0.2, 0.25) is 0 Å². The summed E-state index contributed by atoms with van der Waals surface area (Å²) < 4.78 is 5.65. The van der Waals surface area contributed by atoms with Crippen molar-refractivity contribution in [1.82, 2.24) is 4.98 Å². The smallest absolute Gasteiger partial charge is 0.128 e. The summed E-state index contributed by atoms with van der Waals surface area (Å²) in [5.74, 6) is 0.903. The van der Waals surface area contributed by atoms with Crippen LogP contribution < -0.4 is 4.74 Å². The van der Waals surface area contributed by atoms with E-state index in [2.05, 4.69) is 36.7 Å². The fourth-order valence-corrected chi connectivity index (χ4v) is 1.91. The number of aryl methyl sites for hydroxylation is 1. The fraction of sp³-hybridized carbons (Fsp3) is 0.200. The third-order valence-corrected chi connectivity index (χ3v) is 2.60. The Hall–Kier alpha value is -1.96. The van der Waals surface area contributed by atoms with Crippen LogP contribution >= 0.6 is 0 Å². The van der Waals surface area contributed by atoms with Gasteiger partial charge in [-0.05, 0) is 26.0 Å². The third-order valence-electron chi connectivity index (χ3n) is 2.60. The van der Waals surface area contributed by atoms with E-state index in [-0.39, 0.29) is 0 Å². The summed E-state index contributed by atoms with van der Waals surface area (Å²) >= 11 is 0. The number of hydrogen-bond donors (Lipinski definition) is 1. The van der Waals surface area contributed by atoms with E-state index < -0.39 is 0 Å². The van der Waals surface area contributed by atoms with Gasteiger partial charge in [0, 0.05) is 28.2 Å². The number of H-pyrrole nitrogens is 1. The summed E-state index contributed by atoms with van der Waals surface area (Å²) in [5.41, 5.74) is 3.35. The van der Waals surface area contributed by atoms with Crippen LogP contribution in [-0.2, 0) is 0 Å². The summed E-state index contributed by atoms with van der Waals surface area (Å²) in [6.45, 7) is 8.40. The van der Waals surface area contributed by atoms with Crippen LogP contribution in [0.3, 0.4) is 0 Å². The van der Waals surface area contributed by atoms with Crippen molar-refractivity contribution >= 4 is 17.0 Å². The summed E-state index contributed by atoms with van der Waals surface area (Å²) in [5, 5.41) is 1.20. The van der Waals surface area contributed by atoms with Gasteiger partial charge in [-0.3, -0.25) is 0 Å². The van der Waals surface area contributed by atoms with Crippen LogP contribution in [0.1, 0.15) is 18.2 Å². The molecule has 2 rings (SSSR count). The van der Waals surface area contributed by atoms with E-state index in [1.165, 1.54) is 5.39 Å². The summed E-state index contributed by atoms with van der Waals surface area (Å²) in [7, 11) is 0. The number of aromatic amines is 1. The van der Waals surface area contributed by atoms with Crippen molar-refractivity contribution in [3.63, 3.8) is 0 Å². The number of rotatable bonds is 4. The first-order chi connectivity index (χ1) is 8.24. The van der Waals surface area contributed by atoms with Gasteiger partial charge in [-0.25, -0.2) is 0 Å². The summed E-state index contributed by atoms with van der Waals surface area (Å²) in [6.07, 6.45) is 5.70. The lowest BCUT2D eigenvalue weighted by Gasteiger charge is -2.07. The second kappa shape index (κ2) is 4.91. The molecule has 1 heterocycles. The maximum atomic E-state index is 5.65. The van der Waals surface area contributed by atoms with Gasteiger partial charge in [0.15, 0.2) is 0 Å². The van der Waals surface area contributed by atoms with E-state index in [1.54, 1.807) is 6.08 Å². The molecule has 1 aromatic heterocycles. The lowest BCUT2D eigenvalue weighted by atomic mass is 10.1. The van der Waals surface area contributed by atoms with Crippen molar-refractivity contribution in [1.29, 1.82) is 0 Å². The van der Waals surface area contributed by atoms with Crippen molar-refractivity contribution in [2.75, 3.05) is 6.61 Å². The molecule has 1 aromatic carbocycles. The number of benzene rings is 1. The molecule has 0 bridgehead atoms. The minimum absolute atomic E-state index is 0.667. The summed E-state index contributed by atoms with van der Waals surface area (Å²) in [4.78, 5) is 3.32. The van der Waals surface area contributed by atoms with Crippen molar-refractivity contribution in [2.45, 2.75) is 13.8 Å². The molecule has 0 saturated carbocycles. The van der Waals surface area contributed by atoms with Gasteiger partial charge in [0.25, 0.3) is 0 Å². The monoisotopic (exact) mass is 227 g/mol. The molecule has 2 heteroatoms. The minimum atomic E-state index is 0.667. The zero-order chi connectivity index (χ0) is 12.3. The van der Waals surface area contributed by atoms with E-state index in [4.69, 9.17) is 4.74 Å². The first-order valence-corrected chi connectivity index (χ1v) is 5.80. The molecule has 1 N–H and O–H groups in total. The molecule has 0 aliphatic rings. The van der Waals surface area contributed by atoms with Crippen LogP contribution in [0, 0.1) is 6.92 Å². The normalized spacial score (nSPS) is 11.2. The lowest BCUT2D eigenvalue weighted by Crippen LogP contribution is -1.93. The van der Waals surface area contributed by atoms with Gasteiger partial charge in [-0.2, -0.15) is 0 Å². The Morgan fingerprint density at radius 1 is 1.35 bits per heavy atom. The van der Waals surface area contributed by atoms with Gasteiger partial charge in [0.1, 0.15) is 5.75 Å². The molecule has 0 fully saturated rings. The number of fused-ring (bicyclic) bond motifs is 1. The Balaban J connectivity index is 2.56. The Labute approximate surface area is 102 Å². The van der Waals surface area contributed by atoms with Crippen molar-refractivity contribution in [3.8, 4) is 5.75 Å². The quantitative estimate of drug-likeness (QED) is 0.782. The Kier molecular flexibility index (Phi) is 3.33. The first-order valence-electron chi connectivity index (χ1n) is 5.80. The summed E-state index contributed by atoms with van der Waals surface area (Å²) in [6, 6.07) is 6.31. The van der Waals surface area contributed by atoms with Crippen LogP contribution in [0.4, 0.5) is 0 Å². The van der Waals surface area contributed by atoms with Gasteiger partial charge >= 0.3 is 0 Å². The largest absolute Gasteiger partial charge is 0.493 e. The molecule has 0 unspecified atom stereocenters. The molecule has 0 saturated heterocycles. The highest BCUT2D eigenvalue weighted by atomic mass is 16.5. The first kappa shape index (κ1) is 11.5. The number of allylic oxidation sites excluding steroid dienone is 2. The van der Waals surface area contributed by atoms with Gasteiger partial charge in [0.05, 0.1) is 6.61 Å². The highest BCUT2D eigenvalue weighted by molar-refractivity contribution is 5.85. The highest BCUT2D eigenvalue weighted by Gasteiger charge is 2.05. The predicted molar refractivity (Wildman–Crippen MR) is 73.4 cm³/mol. The average Bonchev–Trinajstić information content (AvgIpc) is 2.65. The molecule has 17 heavy (non-hydrogen) atoms. The van der Waals surface area contributed by atoms with Gasteiger partial charge in [0.2, 0.25) is 0 Å². The maximum Gasteiger partial charge on any atom is 0.128 e. The van der Waals surface area contributed by atoms with Gasteiger partial charge in [-0.15, -0.1) is 0 Å². The molecule has 0 atom stereocenters. The molecule has 0 amide bonds. The van der Waals surface area contributed by atoms with Crippen molar-refractivity contribution in [3.05, 3.63) is 48.2 Å². The van der Waals surface area contributed by atoms with E-state index in [1.807, 2.05) is 19.1 Å². The van der Waals surface area contributed by atoms with Gasteiger partial charge < -0.3 is 9.72 Å². The molecule has 0 radical (unpaired) electrons. The zero-order valence-corrected chi connectivity index (χ0v) is 10.3. The molecular weight excluding hydrogens is 210 g/mol. The number of aromatic nitrogens is 1. The number of ether oxygens (including phenoxy) is 1. The van der Waals surface area contributed by atoms with E-state index in [9.17, 15) is 0 Å². The molecule has 88 valence electrons. The van der Waals surface area contributed by atoms with Crippen molar-refractivity contribution < 1.29 is 4.74 Å². The molecule has 0 spiro atoms. The Bertz CT molecular complexity index is 564. The van der Waals surface area contributed by atoms with Crippen molar-refractivity contribution in [2.24, 2.45) is 0 Å². The Morgan fingerprint density at radius 3 is 2.88 bits per heavy atom. The van der Waals surface area contributed by atoms with E-state index >= 15 is 0 Å².